The summed E-state index contributed by atoms with van der Waals surface area (Å²) in [6.45, 7) is 7.41. The molecule has 0 heterocycles. The van der Waals surface area contributed by atoms with Gasteiger partial charge in [0.2, 0.25) is 0 Å². The van der Waals surface area contributed by atoms with Gasteiger partial charge in [0.1, 0.15) is 0 Å². The zero-order chi connectivity index (χ0) is 19.7. The maximum absolute atomic E-state index is 13.0. The van der Waals surface area contributed by atoms with Crippen LogP contribution in [0.25, 0.3) is 16.7 Å². The molecule has 2 aliphatic rings. The second kappa shape index (κ2) is 7.24. The molecule has 0 amide bonds. The fourth-order valence-corrected chi connectivity index (χ4v) is 4.02. The van der Waals surface area contributed by atoms with Crippen molar-refractivity contribution in [3.8, 4) is 11.1 Å². The van der Waals surface area contributed by atoms with Crippen molar-refractivity contribution in [2.24, 2.45) is 5.92 Å². The molecule has 0 aliphatic heterocycles. The second-order valence-corrected chi connectivity index (χ2v) is 6.91. The lowest BCUT2D eigenvalue weighted by molar-refractivity contribution is -0.122. The molecule has 0 aromatic heterocycles. The van der Waals surface area contributed by atoms with E-state index in [2.05, 4.69) is 37.4 Å². The fourth-order valence-electron chi connectivity index (χ4n) is 4.02. The van der Waals surface area contributed by atoms with Gasteiger partial charge in [0.15, 0.2) is 11.6 Å². The third kappa shape index (κ3) is 2.84. The summed E-state index contributed by atoms with van der Waals surface area (Å²) in [5.74, 6) is -0.646. The molecule has 4 rings (SSSR count). The maximum atomic E-state index is 13.0. The van der Waals surface area contributed by atoms with Crippen LogP contribution < -0.4 is 0 Å². The van der Waals surface area contributed by atoms with E-state index in [9.17, 15) is 9.59 Å². The number of rotatable bonds is 4. The number of carbonyl (C=O) groups excluding carboxylic acids is 2. The lowest BCUT2D eigenvalue weighted by Crippen LogP contribution is -2.31. The van der Waals surface area contributed by atoms with Gasteiger partial charge < -0.3 is 0 Å². The standard InChI is InChI=1S/C26H20O2/c1-3-19-20(4-2)26(28)24-16-18(14-15-23(24)25(19)27)22-13-9-8-12-21(22)17-10-6-5-7-11-17/h3-15,24H,1-2,16H2. The molecule has 2 aromatic carbocycles. The van der Waals surface area contributed by atoms with Gasteiger partial charge in [0.05, 0.1) is 5.92 Å². The second-order valence-electron chi connectivity index (χ2n) is 6.91. The molecule has 0 saturated heterocycles. The van der Waals surface area contributed by atoms with Crippen molar-refractivity contribution in [3.05, 3.63) is 114 Å². The first kappa shape index (κ1) is 17.9. The molecule has 2 heteroatoms. The van der Waals surface area contributed by atoms with E-state index in [0.29, 0.717) is 23.1 Å². The number of allylic oxidation sites excluding steroid dienone is 8. The first-order valence-electron chi connectivity index (χ1n) is 9.29. The Morgan fingerprint density at radius 2 is 1.43 bits per heavy atom. The molecule has 0 spiro atoms. The van der Waals surface area contributed by atoms with Gasteiger partial charge in [-0.2, -0.15) is 0 Å². The Labute approximate surface area is 164 Å². The summed E-state index contributed by atoms with van der Waals surface area (Å²) in [6.07, 6.45) is 7.21. The average Bonchev–Trinajstić information content (AvgIpc) is 2.76. The monoisotopic (exact) mass is 364 g/mol. The van der Waals surface area contributed by atoms with Gasteiger partial charge in [-0.05, 0) is 28.7 Å². The summed E-state index contributed by atoms with van der Waals surface area (Å²) in [5.41, 5.74) is 5.66. The third-order valence-electron chi connectivity index (χ3n) is 5.41. The minimum Gasteiger partial charge on any atom is -0.293 e. The number of Topliss-reactive ketones (excluding diaryl/α,β-unsaturated/α-hetero) is 2. The van der Waals surface area contributed by atoms with Crippen LogP contribution in [0.1, 0.15) is 12.0 Å². The van der Waals surface area contributed by atoms with Crippen molar-refractivity contribution in [2.45, 2.75) is 6.42 Å². The molecule has 2 aliphatic carbocycles. The molecular formula is C26H20O2. The van der Waals surface area contributed by atoms with E-state index in [1.54, 1.807) is 6.08 Å². The minimum atomic E-state index is -0.465. The molecule has 0 saturated carbocycles. The summed E-state index contributed by atoms with van der Waals surface area (Å²) in [5, 5.41) is 0. The summed E-state index contributed by atoms with van der Waals surface area (Å²) in [6, 6.07) is 18.3. The van der Waals surface area contributed by atoms with Crippen LogP contribution in [0.5, 0.6) is 0 Å². The lowest BCUT2D eigenvalue weighted by atomic mass is 9.72. The average molecular weight is 364 g/mol. The summed E-state index contributed by atoms with van der Waals surface area (Å²) in [4.78, 5) is 25.9. The molecule has 1 atom stereocenters. The van der Waals surface area contributed by atoms with Gasteiger partial charge in [-0.3, -0.25) is 9.59 Å². The Morgan fingerprint density at radius 1 is 0.786 bits per heavy atom. The van der Waals surface area contributed by atoms with Gasteiger partial charge in [0.25, 0.3) is 0 Å². The zero-order valence-corrected chi connectivity index (χ0v) is 15.5. The number of hydrogen-bond acceptors (Lipinski definition) is 2. The van der Waals surface area contributed by atoms with E-state index < -0.39 is 5.92 Å². The number of carbonyl (C=O) groups is 2. The van der Waals surface area contributed by atoms with Gasteiger partial charge in [-0.25, -0.2) is 0 Å². The molecular weight excluding hydrogens is 344 g/mol. The maximum Gasteiger partial charge on any atom is 0.190 e. The topological polar surface area (TPSA) is 34.1 Å². The van der Waals surface area contributed by atoms with Crippen LogP contribution in [-0.4, -0.2) is 11.6 Å². The summed E-state index contributed by atoms with van der Waals surface area (Å²) in [7, 11) is 0. The van der Waals surface area contributed by atoms with Gasteiger partial charge in [0, 0.05) is 16.7 Å². The Balaban J connectivity index is 1.80. The van der Waals surface area contributed by atoms with E-state index >= 15 is 0 Å². The van der Waals surface area contributed by atoms with Crippen molar-refractivity contribution in [1.82, 2.24) is 0 Å². The Kier molecular flexibility index (Phi) is 4.62. The van der Waals surface area contributed by atoms with Crippen molar-refractivity contribution < 1.29 is 9.59 Å². The first-order valence-corrected chi connectivity index (χ1v) is 9.29. The largest absolute Gasteiger partial charge is 0.293 e. The highest BCUT2D eigenvalue weighted by atomic mass is 16.1. The van der Waals surface area contributed by atoms with Crippen LogP contribution in [-0.2, 0) is 9.59 Å². The Morgan fingerprint density at radius 3 is 2.11 bits per heavy atom. The highest BCUT2D eigenvalue weighted by Crippen LogP contribution is 2.41. The van der Waals surface area contributed by atoms with Crippen LogP contribution >= 0.6 is 0 Å². The zero-order valence-electron chi connectivity index (χ0n) is 15.5. The molecule has 2 nitrogen and oxygen atoms in total. The molecule has 1 unspecified atom stereocenters. The summed E-state index contributed by atoms with van der Waals surface area (Å²) >= 11 is 0. The molecule has 2 aromatic rings. The molecule has 0 radical (unpaired) electrons. The molecule has 136 valence electrons. The Hall–Kier alpha value is -3.52. The van der Waals surface area contributed by atoms with E-state index in [1.165, 1.54) is 12.2 Å². The van der Waals surface area contributed by atoms with Crippen molar-refractivity contribution in [1.29, 1.82) is 0 Å². The van der Waals surface area contributed by atoms with E-state index in [1.807, 2.05) is 36.4 Å². The number of hydrogen-bond donors (Lipinski definition) is 0. The Bertz CT molecular complexity index is 1090. The molecule has 0 bridgehead atoms. The number of benzene rings is 2. The smallest absolute Gasteiger partial charge is 0.190 e. The fraction of sp³-hybridized carbons (Fsp3) is 0.0769. The highest BCUT2D eigenvalue weighted by Gasteiger charge is 2.38. The van der Waals surface area contributed by atoms with Gasteiger partial charge >= 0.3 is 0 Å². The van der Waals surface area contributed by atoms with Crippen molar-refractivity contribution in [3.63, 3.8) is 0 Å². The predicted molar refractivity (Wildman–Crippen MR) is 113 cm³/mol. The quantitative estimate of drug-likeness (QED) is 0.717. The number of ketones is 2. The van der Waals surface area contributed by atoms with E-state index in [4.69, 9.17) is 0 Å². The predicted octanol–water partition coefficient (Wildman–Crippen LogP) is 5.50. The van der Waals surface area contributed by atoms with Crippen LogP contribution in [0.4, 0.5) is 0 Å². The van der Waals surface area contributed by atoms with Crippen LogP contribution in [0, 0.1) is 5.92 Å². The molecule has 0 N–H and O–H groups in total. The SMILES string of the molecule is C=CC1=C(C=C)C(=O)C2CC(c3ccccc3-c3ccccc3)=CC=C2C1=O. The summed E-state index contributed by atoms with van der Waals surface area (Å²) < 4.78 is 0. The van der Waals surface area contributed by atoms with Crippen molar-refractivity contribution in [2.75, 3.05) is 0 Å². The normalized spacial score (nSPS) is 18.9. The molecule has 28 heavy (non-hydrogen) atoms. The third-order valence-corrected chi connectivity index (χ3v) is 5.41. The van der Waals surface area contributed by atoms with Crippen molar-refractivity contribution >= 4 is 17.1 Å². The van der Waals surface area contributed by atoms with Crippen LogP contribution in [0.15, 0.2) is 109 Å². The minimum absolute atomic E-state index is 0.0569. The van der Waals surface area contributed by atoms with Gasteiger partial charge in [-0.15, -0.1) is 0 Å². The lowest BCUT2D eigenvalue weighted by Gasteiger charge is -2.29. The van der Waals surface area contributed by atoms with E-state index in [-0.39, 0.29) is 11.6 Å². The van der Waals surface area contributed by atoms with Crippen LogP contribution in [0.2, 0.25) is 0 Å². The molecule has 0 fully saturated rings. The number of fused-ring (bicyclic) bond motifs is 1. The van der Waals surface area contributed by atoms with Gasteiger partial charge in [-0.1, -0.05) is 92.1 Å². The van der Waals surface area contributed by atoms with Crippen LogP contribution in [0.3, 0.4) is 0 Å². The highest BCUT2D eigenvalue weighted by molar-refractivity contribution is 6.24. The first-order chi connectivity index (χ1) is 13.7. The van der Waals surface area contributed by atoms with E-state index in [0.717, 1.165) is 22.3 Å².